The van der Waals surface area contributed by atoms with Crippen molar-refractivity contribution in [3.8, 4) is 5.75 Å². The number of carbonyl (C=O) groups excluding carboxylic acids is 3. The second-order valence-corrected chi connectivity index (χ2v) is 10.7. The maximum Gasteiger partial charge on any atom is 0.255 e. The molecule has 0 bridgehead atoms. The van der Waals surface area contributed by atoms with Crippen molar-refractivity contribution in [2.75, 3.05) is 39.8 Å². The van der Waals surface area contributed by atoms with Crippen molar-refractivity contribution >= 4 is 18.1 Å². The predicted octanol–water partition coefficient (Wildman–Crippen LogP) is 3.09. The molecule has 2 amide bonds. The summed E-state index contributed by atoms with van der Waals surface area (Å²) in [7, 11) is 1.54. The first-order valence-electron chi connectivity index (χ1n) is 13.6. The lowest BCUT2D eigenvalue weighted by Crippen LogP contribution is -2.46. The van der Waals surface area contributed by atoms with Crippen molar-refractivity contribution in [3.05, 3.63) is 64.7 Å². The lowest BCUT2D eigenvalue weighted by atomic mass is 10.1. The van der Waals surface area contributed by atoms with Crippen LogP contribution < -0.4 is 10.1 Å². The molecular weight excluding hydrogens is 480 g/mol. The van der Waals surface area contributed by atoms with E-state index < -0.39 is 6.04 Å². The van der Waals surface area contributed by atoms with Gasteiger partial charge in [-0.1, -0.05) is 44.2 Å². The largest absolute Gasteiger partial charge is 0.489 e. The van der Waals surface area contributed by atoms with Gasteiger partial charge in [-0.15, -0.1) is 0 Å². The van der Waals surface area contributed by atoms with E-state index in [0.29, 0.717) is 30.3 Å². The number of hydrogen-bond acceptors (Lipinski definition) is 6. The lowest BCUT2D eigenvalue weighted by Gasteiger charge is -2.35. The Balaban J connectivity index is 1.34. The molecule has 2 aliphatic rings. The molecular formula is C30H40N4O4. The van der Waals surface area contributed by atoms with Gasteiger partial charge < -0.3 is 24.6 Å². The van der Waals surface area contributed by atoms with Gasteiger partial charge in [-0.05, 0) is 35.6 Å². The molecule has 0 saturated carbocycles. The SMILES string of the molecule is CNC(=O)C(CCC=O)N1Cc2c(OCc3ccc(CN4CCN(CC(C)C)CC4)cc3)cccc2C1=O. The molecule has 0 aromatic heterocycles. The summed E-state index contributed by atoms with van der Waals surface area (Å²) < 4.78 is 6.16. The number of fused-ring (bicyclic) bond motifs is 1. The summed E-state index contributed by atoms with van der Waals surface area (Å²) in [6.45, 7) is 11.8. The molecule has 38 heavy (non-hydrogen) atoms. The Kier molecular flexibility index (Phi) is 9.53. The van der Waals surface area contributed by atoms with Gasteiger partial charge in [0.1, 0.15) is 24.7 Å². The van der Waals surface area contributed by atoms with E-state index in [0.717, 1.165) is 50.1 Å². The molecule has 1 atom stereocenters. The van der Waals surface area contributed by atoms with Gasteiger partial charge in [-0.3, -0.25) is 14.5 Å². The average Bonchev–Trinajstić information content (AvgIpc) is 3.25. The van der Waals surface area contributed by atoms with Crippen molar-refractivity contribution in [1.82, 2.24) is 20.0 Å². The topological polar surface area (TPSA) is 82.2 Å². The fraction of sp³-hybridized carbons (Fsp3) is 0.500. The minimum atomic E-state index is -0.691. The van der Waals surface area contributed by atoms with Crippen LogP contribution in [0.2, 0.25) is 0 Å². The fourth-order valence-electron chi connectivity index (χ4n) is 5.34. The highest BCUT2D eigenvalue weighted by Gasteiger charge is 2.37. The van der Waals surface area contributed by atoms with Crippen LogP contribution in [-0.4, -0.2) is 78.6 Å². The highest BCUT2D eigenvalue weighted by atomic mass is 16.5. The van der Waals surface area contributed by atoms with E-state index in [1.54, 1.807) is 12.1 Å². The normalized spacial score (nSPS) is 16.9. The Hall–Kier alpha value is -3.23. The third kappa shape index (κ3) is 6.79. The van der Waals surface area contributed by atoms with Gasteiger partial charge in [0.15, 0.2) is 0 Å². The molecule has 2 aliphatic heterocycles. The Morgan fingerprint density at radius 2 is 1.71 bits per heavy atom. The summed E-state index contributed by atoms with van der Waals surface area (Å²) in [6, 6.07) is 13.3. The van der Waals surface area contributed by atoms with E-state index in [-0.39, 0.29) is 24.8 Å². The quantitative estimate of drug-likeness (QED) is 0.433. The molecule has 8 heteroatoms. The summed E-state index contributed by atoms with van der Waals surface area (Å²) in [4.78, 5) is 43.1. The van der Waals surface area contributed by atoms with E-state index in [1.165, 1.54) is 24.1 Å². The Labute approximate surface area is 225 Å². The minimum Gasteiger partial charge on any atom is -0.489 e. The molecule has 1 fully saturated rings. The second kappa shape index (κ2) is 13.0. The third-order valence-electron chi connectivity index (χ3n) is 7.35. The number of piperazine rings is 1. The predicted molar refractivity (Wildman–Crippen MR) is 147 cm³/mol. The molecule has 0 aliphatic carbocycles. The van der Waals surface area contributed by atoms with E-state index in [9.17, 15) is 14.4 Å². The van der Waals surface area contributed by atoms with Crippen LogP contribution in [-0.2, 0) is 29.3 Å². The van der Waals surface area contributed by atoms with Crippen molar-refractivity contribution < 1.29 is 19.1 Å². The molecule has 0 spiro atoms. The Bertz CT molecular complexity index is 1110. The number of rotatable bonds is 12. The van der Waals surface area contributed by atoms with Crippen LogP contribution in [0.15, 0.2) is 42.5 Å². The number of amides is 2. The molecule has 1 unspecified atom stereocenters. The van der Waals surface area contributed by atoms with Gasteiger partial charge in [-0.25, -0.2) is 0 Å². The monoisotopic (exact) mass is 520 g/mol. The van der Waals surface area contributed by atoms with Crippen LogP contribution in [0.25, 0.3) is 0 Å². The van der Waals surface area contributed by atoms with Crippen LogP contribution in [0, 0.1) is 5.92 Å². The molecule has 0 radical (unpaired) electrons. The summed E-state index contributed by atoms with van der Waals surface area (Å²) in [5.74, 6) is 0.876. The zero-order valence-electron chi connectivity index (χ0n) is 22.8. The standard InChI is InChI=1S/C30H40N4O4/c1-22(2)18-32-13-15-33(16-14-32)19-23-9-11-24(12-10-23)21-38-28-8-4-6-25-26(28)20-34(30(25)37)27(7-5-17-35)29(36)31-3/h4,6,8-12,17,22,27H,5,7,13-16,18-21H2,1-3H3,(H,31,36). The third-order valence-corrected chi connectivity index (χ3v) is 7.35. The molecule has 1 N–H and O–H groups in total. The first-order chi connectivity index (χ1) is 18.4. The summed E-state index contributed by atoms with van der Waals surface area (Å²) in [5, 5.41) is 2.61. The van der Waals surface area contributed by atoms with Crippen LogP contribution in [0.4, 0.5) is 0 Å². The number of ether oxygens (including phenoxy) is 1. The first kappa shape index (κ1) is 27.8. The van der Waals surface area contributed by atoms with Gasteiger partial charge in [-0.2, -0.15) is 0 Å². The Morgan fingerprint density at radius 3 is 2.37 bits per heavy atom. The van der Waals surface area contributed by atoms with Gasteiger partial charge in [0.2, 0.25) is 5.91 Å². The zero-order chi connectivity index (χ0) is 27.1. The molecule has 2 aromatic carbocycles. The fourth-order valence-corrected chi connectivity index (χ4v) is 5.34. The van der Waals surface area contributed by atoms with E-state index in [4.69, 9.17) is 4.74 Å². The maximum atomic E-state index is 13.1. The minimum absolute atomic E-state index is 0.209. The highest BCUT2D eigenvalue weighted by molar-refractivity contribution is 6.01. The number of hydrogen-bond donors (Lipinski definition) is 1. The van der Waals surface area contributed by atoms with Gasteiger partial charge in [0.05, 0.1) is 6.54 Å². The molecule has 204 valence electrons. The molecule has 2 aromatic rings. The van der Waals surface area contributed by atoms with Crippen molar-refractivity contribution in [1.29, 1.82) is 0 Å². The van der Waals surface area contributed by atoms with Crippen LogP contribution in [0.1, 0.15) is 53.7 Å². The number of aldehydes is 1. The summed E-state index contributed by atoms with van der Waals surface area (Å²) >= 11 is 0. The average molecular weight is 521 g/mol. The number of nitrogens with one attached hydrogen (secondary N) is 1. The van der Waals surface area contributed by atoms with Gasteiger partial charge in [0, 0.05) is 63.9 Å². The van der Waals surface area contributed by atoms with E-state index in [1.807, 2.05) is 6.07 Å². The molecule has 8 nitrogen and oxygen atoms in total. The summed E-state index contributed by atoms with van der Waals surface area (Å²) in [5.41, 5.74) is 3.68. The number of benzene rings is 2. The number of likely N-dealkylation sites (N-methyl/N-ethyl adjacent to an activating group) is 1. The smallest absolute Gasteiger partial charge is 0.255 e. The van der Waals surface area contributed by atoms with Crippen molar-refractivity contribution in [3.63, 3.8) is 0 Å². The van der Waals surface area contributed by atoms with Crippen LogP contribution in [0.3, 0.4) is 0 Å². The maximum absolute atomic E-state index is 13.1. The highest BCUT2D eigenvalue weighted by Crippen LogP contribution is 2.33. The van der Waals surface area contributed by atoms with Crippen LogP contribution >= 0.6 is 0 Å². The van der Waals surface area contributed by atoms with Crippen LogP contribution in [0.5, 0.6) is 5.75 Å². The van der Waals surface area contributed by atoms with E-state index in [2.05, 4.69) is 53.2 Å². The number of carbonyl (C=O) groups is 3. The first-order valence-corrected chi connectivity index (χ1v) is 13.6. The molecule has 2 heterocycles. The second-order valence-electron chi connectivity index (χ2n) is 10.7. The van der Waals surface area contributed by atoms with Crippen molar-refractivity contribution in [2.24, 2.45) is 5.92 Å². The van der Waals surface area contributed by atoms with Crippen molar-refractivity contribution in [2.45, 2.75) is 52.4 Å². The van der Waals surface area contributed by atoms with Gasteiger partial charge in [0.25, 0.3) is 5.91 Å². The Morgan fingerprint density at radius 1 is 1.03 bits per heavy atom. The zero-order valence-corrected chi connectivity index (χ0v) is 22.8. The van der Waals surface area contributed by atoms with Gasteiger partial charge >= 0.3 is 0 Å². The summed E-state index contributed by atoms with van der Waals surface area (Å²) in [6.07, 6.45) is 1.28. The van der Waals surface area contributed by atoms with E-state index >= 15 is 0 Å². The number of nitrogens with zero attached hydrogens (tertiary/aromatic N) is 3. The lowest BCUT2D eigenvalue weighted by molar-refractivity contribution is -0.125. The molecule has 4 rings (SSSR count). The molecule has 1 saturated heterocycles.